The topological polar surface area (TPSA) is 66.8 Å². The fraction of sp³-hybridized carbons (Fsp3) is 0.385. The number of esters is 1. The van der Waals surface area contributed by atoms with E-state index in [4.69, 9.17) is 9.84 Å². The standard InChI is InChI=1S/C13H16FNO4/c1-13(2,3)19-12(18)10(11(16)17)15(14)9-7-5-4-6-8-9/h4-8,10H,1-3H3,(H,16,17)/t10-/m1/s1. The first-order valence-corrected chi connectivity index (χ1v) is 5.68. The molecule has 0 aliphatic heterocycles. The lowest BCUT2D eigenvalue weighted by atomic mass is 10.2. The lowest BCUT2D eigenvalue weighted by molar-refractivity contribution is -0.163. The van der Waals surface area contributed by atoms with Crippen LogP contribution < -0.4 is 5.12 Å². The molecule has 1 atom stereocenters. The SMILES string of the molecule is CC(C)(C)OC(=O)[C@@H](C(=O)O)N(F)c1ccccc1. The zero-order valence-corrected chi connectivity index (χ0v) is 11.0. The molecule has 0 aliphatic rings. The largest absolute Gasteiger partial charge is 0.479 e. The summed E-state index contributed by atoms with van der Waals surface area (Å²) >= 11 is 0. The molecule has 1 N–H and O–H groups in total. The Labute approximate surface area is 110 Å². The van der Waals surface area contributed by atoms with Crippen LogP contribution in [-0.4, -0.2) is 28.7 Å². The number of nitrogens with zero attached hydrogens (tertiary/aromatic N) is 1. The minimum absolute atomic E-state index is 0.0271. The van der Waals surface area contributed by atoms with Gasteiger partial charge in [-0.1, -0.05) is 22.7 Å². The monoisotopic (exact) mass is 269 g/mol. The maximum atomic E-state index is 14.0. The molecule has 6 heteroatoms. The van der Waals surface area contributed by atoms with Crippen LogP contribution in [0.4, 0.5) is 10.2 Å². The van der Waals surface area contributed by atoms with Gasteiger partial charge in [0.1, 0.15) is 5.60 Å². The molecule has 1 aromatic rings. The van der Waals surface area contributed by atoms with Crippen LogP contribution in [0.3, 0.4) is 0 Å². The van der Waals surface area contributed by atoms with Crippen LogP contribution in [0.5, 0.6) is 0 Å². The number of halogens is 1. The third-order valence-corrected chi connectivity index (χ3v) is 2.09. The summed E-state index contributed by atoms with van der Waals surface area (Å²) in [5, 5.41) is 8.88. The zero-order valence-electron chi connectivity index (χ0n) is 11.0. The van der Waals surface area contributed by atoms with Gasteiger partial charge >= 0.3 is 11.9 Å². The van der Waals surface area contributed by atoms with Gasteiger partial charge in [0.15, 0.2) is 0 Å². The Hall–Kier alpha value is -2.11. The maximum absolute atomic E-state index is 14.0. The van der Waals surface area contributed by atoms with Gasteiger partial charge in [0.25, 0.3) is 6.04 Å². The number of benzene rings is 1. The molecule has 1 rings (SSSR count). The summed E-state index contributed by atoms with van der Waals surface area (Å²) in [6, 6.07) is 5.43. The molecule has 0 radical (unpaired) electrons. The van der Waals surface area contributed by atoms with E-state index in [1.165, 1.54) is 24.3 Å². The Balaban J connectivity index is 2.96. The van der Waals surface area contributed by atoms with Crippen molar-refractivity contribution >= 4 is 17.6 Å². The van der Waals surface area contributed by atoms with Crippen LogP contribution in [-0.2, 0) is 14.3 Å². The van der Waals surface area contributed by atoms with Gasteiger partial charge in [-0.25, -0.2) is 9.59 Å². The van der Waals surface area contributed by atoms with Crippen molar-refractivity contribution in [3.8, 4) is 0 Å². The van der Waals surface area contributed by atoms with E-state index in [0.717, 1.165) is 0 Å². The van der Waals surface area contributed by atoms with Crippen LogP contribution in [0.2, 0.25) is 0 Å². The Morgan fingerprint density at radius 2 is 1.79 bits per heavy atom. The highest BCUT2D eigenvalue weighted by molar-refractivity contribution is 6.01. The summed E-state index contributed by atoms with van der Waals surface area (Å²) < 4.78 is 18.9. The van der Waals surface area contributed by atoms with Crippen molar-refractivity contribution < 1.29 is 23.9 Å². The van der Waals surface area contributed by atoms with Gasteiger partial charge in [-0.2, -0.15) is 5.12 Å². The molecule has 0 bridgehead atoms. The Kier molecular flexibility index (Phi) is 4.47. The van der Waals surface area contributed by atoms with Gasteiger partial charge in [0.05, 0.1) is 5.69 Å². The van der Waals surface area contributed by atoms with Crippen LogP contribution >= 0.6 is 0 Å². The highest BCUT2D eigenvalue weighted by Crippen LogP contribution is 2.19. The number of aliphatic carboxylic acids is 1. The molecule has 0 amide bonds. The summed E-state index contributed by atoms with van der Waals surface area (Å²) in [7, 11) is 0. The van der Waals surface area contributed by atoms with E-state index in [0.29, 0.717) is 0 Å². The second kappa shape index (κ2) is 5.69. The summed E-state index contributed by atoms with van der Waals surface area (Å²) in [5.41, 5.74) is -0.914. The number of para-hydroxylation sites is 1. The molecule has 0 unspecified atom stereocenters. The molecule has 0 saturated carbocycles. The molecule has 0 spiro atoms. The molecule has 19 heavy (non-hydrogen) atoms. The number of hydrogen-bond acceptors (Lipinski definition) is 4. The summed E-state index contributed by atoms with van der Waals surface area (Å²) in [6.45, 7) is 4.73. The molecule has 104 valence electrons. The summed E-state index contributed by atoms with van der Waals surface area (Å²) in [4.78, 5) is 22.8. The van der Waals surface area contributed by atoms with E-state index < -0.39 is 23.6 Å². The van der Waals surface area contributed by atoms with Crippen LogP contribution in [0.25, 0.3) is 0 Å². The summed E-state index contributed by atoms with van der Waals surface area (Å²) in [5.74, 6) is -2.76. The van der Waals surface area contributed by atoms with Crippen molar-refractivity contribution in [2.45, 2.75) is 32.4 Å². The molecule has 5 nitrogen and oxygen atoms in total. The minimum Gasteiger partial charge on any atom is -0.479 e. The van der Waals surface area contributed by atoms with Gasteiger partial charge in [0.2, 0.25) is 0 Å². The van der Waals surface area contributed by atoms with E-state index in [1.807, 2.05) is 0 Å². The predicted molar refractivity (Wildman–Crippen MR) is 67.3 cm³/mol. The molecule has 0 fully saturated rings. The van der Waals surface area contributed by atoms with Gasteiger partial charge < -0.3 is 9.84 Å². The number of ether oxygens (including phenoxy) is 1. The van der Waals surface area contributed by atoms with E-state index in [1.54, 1.807) is 26.8 Å². The minimum atomic E-state index is -2.03. The highest BCUT2D eigenvalue weighted by atomic mass is 19.2. The molecule has 0 saturated heterocycles. The number of hydrogen-bond donors (Lipinski definition) is 1. The molecule has 0 aromatic heterocycles. The van der Waals surface area contributed by atoms with Gasteiger partial charge in [-0.05, 0) is 32.9 Å². The zero-order chi connectivity index (χ0) is 14.6. The maximum Gasteiger partial charge on any atom is 0.343 e. The number of carboxylic acid groups (broad SMARTS) is 1. The molecule has 0 aliphatic carbocycles. The van der Waals surface area contributed by atoms with E-state index in [2.05, 4.69) is 0 Å². The first-order valence-electron chi connectivity index (χ1n) is 5.68. The molecule has 0 heterocycles. The second-order valence-electron chi connectivity index (χ2n) is 4.92. The van der Waals surface area contributed by atoms with E-state index >= 15 is 0 Å². The molecular weight excluding hydrogens is 253 g/mol. The Morgan fingerprint density at radius 1 is 1.26 bits per heavy atom. The first-order chi connectivity index (χ1) is 8.72. The van der Waals surface area contributed by atoms with Crippen molar-refractivity contribution in [3.05, 3.63) is 30.3 Å². The van der Waals surface area contributed by atoms with E-state index in [-0.39, 0.29) is 10.8 Å². The number of carbonyl (C=O) groups excluding carboxylic acids is 1. The first kappa shape index (κ1) is 14.9. The van der Waals surface area contributed by atoms with Gasteiger partial charge in [-0.3, -0.25) is 0 Å². The van der Waals surface area contributed by atoms with Crippen molar-refractivity contribution in [2.24, 2.45) is 0 Å². The molecular formula is C13H16FNO4. The van der Waals surface area contributed by atoms with Gasteiger partial charge in [-0.15, -0.1) is 0 Å². The van der Waals surface area contributed by atoms with Crippen molar-refractivity contribution in [1.82, 2.24) is 0 Å². The lowest BCUT2D eigenvalue weighted by Gasteiger charge is -2.25. The average Bonchev–Trinajstić information content (AvgIpc) is 2.27. The third kappa shape index (κ3) is 4.24. The van der Waals surface area contributed by atoms with Crippen LogP contribution in [0.1, 0.15) is 20.8 Å². The quantitative estimate of drug-likeness (QED) is 0.515. The fourth-order valence-corrected chi connectivity index (χ4v) is 1.37. The van der Waals surface area contributed by atoms with Crippen molar-refractivity contribution in [2.75, 3.05) is 5.12 Å². The second-order valence-corrected chi connectivity index (χ2v) is 4.92. The van der Waals surface area contributed by atoms with Crippen LogP contribution in [0, 0.1) is 0 Å². The molecule has 1 aromatic carbocycles. The van der Waals surface area contributed by atoms with Crippen molar-refractivity contribution in [3.63, 3.8) is 0 Å². The Morgan fingerprint density at radius 3 is 2.21 bits per heavy atom. The average molecular weight is 269 g/mol. The fourth-order valence-electron chi connectivity index (χ4n) is 1.37. The highest BCUT2D eigenvalue weighted by Gasteiger charge is 2.37. The van der Waals surface area contributed by atoms with Gasteiger partial charge in [0, 0.05) is 0 Å². The number of anilines is 1. The summed E-state index contributed by atoms with van der Waals surface area (Å²) in [6.07, 6.45) is 0. The van der Waals surface area contributed by atoms with Crippen LogP contribution in [0.15, 0.2) is 30.3 Å². The van der Waals surface area contributed by atoms with E-state index in [9.17, 15) is 14.1 Å². The number of carbonyl (C=O) groups is 2. The smallest absolute Gasteiger partial charge is 0.343 e. The predicted octanol–water partition coefficient (Wildman–Crippen LogP) is 2.17. The van der Waals surface area contributed by atoms with Crippen molar-refractivity contribution in [1.29, 1.82) is 0 Å². The number of carboxylic acids is 1. The Bertz CT molecular complexity index is 455. The normalized spacial score (nSPS) is 12.6. The lowest BCUT2D eigenvalue weighted by Crippen LogP contribution is -2.46. The number of rotatable bonds is 4. The third-order valence-electron chi connectivity index (χ3n) is 2.09.